The van der Waals surface area contributed by atoms with Gasteiger partial charge in [-0.05, 0) is 25.0 Å². The van der Waals surface area contributed by atoms with Crippen molar-refractivity contribution in [2.45, 2.75) is 25.8 Å². The van der Waals surface area contributed by atoms with Crippen LogP contribution in [0.2, 0.25) is 0 Å². The molecule has 1 fully saturated rings. The molecule has 1 N–H and O–H groups in total. The summed E-state index contributed by atoms with van der Waals surface area (Å²) in [5, 5.41) is 0. The molecule has 1 saturated heterocycles. The SMILES string of the molecule is CCCS(=O)(=O)Nc1ccc(N(C)C2CCS(=O)(=O)C2)cn1. The van der Waals surface area contributed by atoms with Gasteiger partial charge in [0.2, 0.25) is 10.0 Å². The molecule has 0 saturated carbocycles. The summed E-state index contributed by atoms with van der Waals surface area (Å²) in [5.41, 5.74) is 0.764. The Labute approximate surface area is 131 Å². The van der Waals surface area contributed by atoms with Gasteiger partial charge in [-0.3, -0.25) is 4.72 Å². The maximum absolute atomic E-state index is 11.7. The van der Waals surface area contributed by atoms with Crippen molar-refractivity contribution in [2.24, 2.45) is 0 Å². The Hall–Kier alpha value is -1.35. The Balaban J connectivity index is 2.06. The Bertz CT molecular complexity index is 714. The van der Waals surface area contributed by atoms with Crippen LogP contribution in [0.4, 0.5) is 11.5 Å². The molecule has 0 bridgehead atoms. The zero-order chi connectivity index (χ0) is 16.4. The molecule has 1 unspecified atom stereocenters. The Morgan fingerprint density at radius 3 is 2.64 bits per heavy atom. The maximum atomic E-state index is 11.7. The van der Waals surface area contributed by atoms with Gasteiger partial charge in [0.05, 0.1) is 29.1 Å². The molecule has 2 rings (SSSR count). The van der Waals surface area contributed by atoms with E-state index in [-0.39, 0.29) is 29.1 Å². The van der Waals surface area contributed by atoms with Gasteiger partial charge in [-0.2, -0.15) is 0 Å². The first-order valence-electron chi connectivity index (χ1n) is 7.12. The third-order valence-electron chi connectivity index (χ3n) is 3.64. The second-order valence-corrected chi connectivity index (χ2v) is 9.56. The van der Waals surface area contributed by atoms with Crippen LogP contribution in [0.3, 0.4) is 0 Å². The number of hydrogen-bond acceptors (Lipinski definition) is 6. The van der Waals surface area contributed by atoms with Crippen molar-refractivity contribution in [1.29, 1.82) is 0 Å². The molecule has 1 atom stereocenters. The summed E-state index contributed by atoms with van der Waals surface area (Å²) in [6.45, 7) is 1.79. The number of nitrogens with zero attached hydrogens (tertiary/aromatic N) is 2. The van der Waals surface area contributed by atoms with Gasteiger partial charge >= 0.3 is 0 Å². The van der Waals surface area contributed by atoms with Crippen molar-refractivity contribution in [2.75, 3.05) is 33.9 Å². The minimum absolute atomic E-state index is 0.0519. The van der Waals surface area contributed by atoms with Gasteiger partial charge in [0.1, 0.15) is 5.82 Å². The number of hydrogen-bond donors (Lipinski definition) is 1. The van der Waals surface area contributed by atoms with Crippen molar-refractivity contribution in [3.05, 3.63) is 18.3 Å². The summed E-state index contributed by atoms with van der Waals surface area (Å²) in [5.74, 6) is 0.680. The number of aromatic nitrogens is 1. The van der Waals surface area contributed by atoms with Crippen LogP contribution in [-0.2, 0) is 19.9 Å². The van der Waals surface area contributed by atoms with Gasteiger partial charge in [-0.1, -0.05) is 6.92 Å². The average molecular weight is 347 g/mol. The van der Waals surface area contributed by atoms with E-state index in [1.165, 1.54) is 0 Å². The predicted molar refractivity (Wildman–Crippen MR) is 87.4 cm³/mol. The van der Waals surface area contributed by atoms with Crippen molar-refractivity contribution < 1.29 is 16.8 Å². The van der Waals surface area contributed by atoms with Crippen LogP contribution in [0.5, 0.6) is 0 Å². The predicted octanol–water partition coefficient (Wildman–Crippen LogP) is 0.857. The van der Waals surface area contributed by atoms with E-state index in [0.717, 1.165) is 5.69 Å². The highest BCUT2D eigenvalue weighted by Crippen LogP contribution is 2.23. The van der Waals surface area contributed by atoms with Gasteiger partial charge in [-0.25, -0.2) is 21.8 Å². The number of sulfone groups is 1. The Morgan fingerprint density at radius 1 is 1.41 bits per heavy atom. The summed E-state index contributed by atoms with van der Waals surface area (Å²) < 4.78 is 48.8. The summed E-state index contributed by atoms with van der Waals surface area (Å²) >= 11 is 0. The quantitative estimate of drug-likeness (QED) is 0.820. The monoisotopic (exact) mass is 347 g/mol. The van der Waals surface area contributed by atoms with Gasteiger partial charge in [0.25, 0.3) is 0 Å². The number of sulfonamides is 1. The fourth-order valence-corrected chi connectivity index (χ4v) is 5.28. The summed E-state index contributed by atoms with van der Waals surface area (Å²) in [6.07, 6.45) is 2.69. The second-order valence-electron chi connectivity index (χ2n) is 5.49. The van der Waals surface area contributed by atoms with Gasteiger partial charge in [-0.15, -0.1) is 0 Å². The largest absolute Gasteiger partial charge is 0.369 e. The molecule has 0 aromatic carbocycles. The van der Waals surface area contributed by atoms with Crippen LogP contribution in [0, 0.1) is 0 Å². The standard InChI is InChI=1S/C13H21N3O4S2/c1-3-7-22(19,20)15-13-5-4-11(9-14-13)16(2)12-6-8-21(17,18)10-12/h4-5,9,12H,3,6-8,10H2,1-2H3,(H,14,15). The zero-order valence-corrected chi connectivity index (χ0v) is 14.3. The van der Waals surface area contributed by atoms with Gasteiger partial charge < -0.3 is 4.90 Å². The van der Waals surface area contributed by atoms with E-state index in [1.54, 1.807) is 25.3 Å². The minimum atomic E-state index is -3.35. The lowest BCUT2D eigenvalue weighted by atomic mass is 10.2. The molecule has 0 aliphatic carbocycles. The van der Waals surface area contributed by atoms with Crippen LogP contribution >= 0.6 is 0 Å². The molecular weight excluding hydrogens is 326 g/mol. The highest BCUT2D eigenvalue weighted by molar-refractivity contribution is 7.92. The van der Waals surface area contributed by atoms with E-state index >= 15 is 0 Å². The van der Waals surface area contributed by atoms with E-state index in [0.29, 0.717) is 12.8 Å². The summed E-state index contributed by atoms with van der Waals surface area (Å²) in [4.78, 5) is 5.97. The fraction of sp³-hybridized carbons (Fsp3) is 0.615. The van der Waals surface area contributed by atoms with Gasteiger partial charge in [0.15, 0.2) is 9.84 Å². The van der Waals surface area contributed by atoms with Crippen LogP contribution in [0.25, 0.3) is 0 Å². The zero-order valence-electron chi connectivity index (χ0n) is 12.7. The summed E-state index contributed by atoms with van der Waals surface area (Å²) in [6, 6.07) is 3.26. The highest BCUT2D eigenvalue weighted by Gasteiger charge is 2.30. The molecule has 1 aliphatic rings. The van der Waals surface area contributed by atoms with Gasteiger partial charge in [0, 0.05) is 13.1 Å². The lowest BCUT2D eigenvalue weighted by Gasteiger charge is -2.25. The number of anilines is 2. The number of nitrogens with one attached hydrogen (secondary N) is 1. The maximum Gasteiger partial charge on any atom is 0.233 e. The van der Waals surface area contributed by atoms with E-state index in [4.69, 9.17) is 0 Å². The van der Waals surface area contributed by atoms with Crippen LogP contribution < -0.4 is 9.62 Å². The normalized spacial score (nSPS) is 20.7. The first kappa shape index (κ1) is 17.0. The Kier molecular flexibility index (Phi) is 4.96. The van der Waals surface area contributed by atoms with Crippen molar-refractivity contribution in [3.8, 4) is 0 Å². The first-order chi connectivity index (χ1) is 10.2. The molecule has 0 spiro atoms. The van der Waals surface area contributed by atoms with E-state index in [1.807, 2.05) is 11.9 Å². The molecule has 124 valence electrons. The molecule has 2 heterocycles. The van der Waals surface area contributed by atoms with E-state index in [2.05, 4.69) is 9.71 Å². The highest BCUT2D eigenvalue weighted by atomic mass is 32.2. The van der Waals surface area contributed by atoms with Crippen molar-refractivity contribution in [1.82, 2.24) is 4.98 Å². The van der Waals surface area contributed by atoms with Crippen LogP contribution in [0.15, 0.2) is 18.3 Å². The molecule has 9 heteroatoms. The Morgan fingerprint density at radius 2 is 2.14 bits per heavy atom. The number of rotatable bonds is 6. The van der Waals surface area contributed by atoms with Crippen molar-refractivity contribution >= 4 is 31.4 Å². The van der Waals surface area contributed by atoms with E-state index in [9.17, 15) is 16.8 Å². The third kappa shape index (κ3) is 4.33. The second kappa shape index (κ2) is 6.41. The smallest absolute Gasteiger partial charge is 0.233 e. The molecule has 0 amide bonds. The molecule has 1 aromatic rings. The molecule has 22 heavy (non-hydrogen) atoms. The lowest BCUT2D eigenvalue weighted by molar-refractivity contribution is 0.598. The molecule has 0 radical (unpaired) electrons. The summed E-state index contributed by atoms with van der Waals surface area (Å²) in [7, 11) is -4.47. The number of pyridine rings is 1. The lowest BCUT2D eigenvalue weighted by Crippen LogP contribution is -2.32. The van der Waals surface area contributed by atoms with Crippen molar-refractivity contribution in [3.63, 3.8) is 0 Å². The van der Waals surface area contributed by atoms with E-state index < -0.39 is 19.9 Å². The molecule has 7 nitrogen and oxygen atoms in total. The molecule has 1 aromatic heterocycles. The first-order valence-corrected chi connectivity index (χ1v) is 10.6. The minimum Gasteiger partial charge on any atom is -0.369 e. The fourth-order valence-electron chi connectivity index (χ4n) is 2.43. The van der Waals surface area contributed by atoms with Crippen LogP contribution in [-0.4, -0.2) is 52.2 Å². The molecular formula is C13H21N3O4S2. The van der Waals surface area contributed by atoms with Crippen LogP contribution in [0.1, 0.15) is 19.8 Å². The topological polar surface area (TPSA) is 96.4 Å². The average Bonchev–Trinajstić information content (AvgIpc) is 2.78. The molecule has 1 aliphatic heterocycles. The third-order valence-corrected chi connectivity index (χ3v) is 6.86.